The maximum Gasteiger partial charge on any atom is 0.266 e. The van der Waals surface area contributed by atoms with Crippen molar-refractivity contribution in [2.45, 2.75) is 12.7 Å². The molecule has 164 valence electrons. The van der Waals surface area contributed by atoms with Gasteiger partial charge in [-0.25, -0.2) is 0 Å². The normalized spacial score (nSPS) is 12.8. The molecule has 0 aliphatic carbocycles. The number of aromatic amines is 1. The lowest BCUT2D eigenvalue weighted by molar-refractivity contribution is -0.0245. The predicted molar refractivity (Wildman–Crippen MR) is 124 cm³/mol. The van der Waals surface area contributed by atoms with Gasteiger partial charge in [-0.1, -0.05) is 48.5 Å². The second-order valence-corrected chi connectivity index (χ2v) is 7.54. The summed E-state index contributed by atoms with van der Waals surface area (Å²) in [5.41, 5.74) is 5.76. The number of pyridine rings is 1. The molecule has 2 aromatic heterocycles. The van der Waals surface area contributed by atoms with E-state index >= 15 is 0 Å². The van der Waals surface area contributed by atoms with Crippen molar-refractivity contribution in [3.8, 4) is 22.5 Å². The molecule has 33 heavy (non-hydrogen) atoms. The number of rotatable bonds is 7. The Labute approximate surface area is 191 Å². The molecule has 0 fully saturated rings. The first-order chi connectivity index (χ1) is 16.3. The molecular formula is C26H22N4O3. The molecule has 1 aliphatic rings. The average molecular weight is 438 g/mol. The Morgan fingerprint density at radius 3 is 2.55 bits per heavy atom. The van der Waals surface area contributed by atoms with Crippen LogP contribution >= 0.6 is 0 Å². The van der Waals surface area contributed by atoms with E-state index in [-0.39, 0.29) is 5.91 Å². The number of aromatic nitrogens is 3. The quantitative estimate of drug-likeness (QED) is 0.439. The third-order valence-electron chi connectivity index (χ3n) is 5.37. The predicted octanol–water partition coefficient (Wildman–Crippen LogP) is 4.63. The molecule has 1 aliphatic heterocycles. The largest absolute Gasteiger partial charge is 0.455 e. The van der Waals surface area contributed by atoms with E-state index in [1.807, 2.05) is 72.8 Å². The van der Waals surface area contributed by atoms with Crippen molar-refractivity contribution in [3.05, 3.63) is 108 Å². The molecule has 7 nitrogen and oxygen atoms in total. The van der Waals surface area contributed by atoms with Crippen LogP contribution in [0.15, 0.2) is 91.5 Å². The molecule has 1 amide bonds. The Morgan fingerprint density at radius 1 is 0.970 bits per heavy atom. The number of nitrogens with zero attached hydrogens (tertiary/aromatic N) is 2. The van der Waals surface area contributed by atoms with Crippen molar-refractivity contribution in [2.75, 3.05) is 6.54 Å². The fraction of sp³-hybridized carbons (Fsp3) is 0.115. The van der Waals surface area contributed by atoms with Crippen LogP contribution in [-0.2, 0) is 15.9 Å². The first kappa shape index (κ1) is 20.5. The van der Waals surface area contributed by atoms with Crippen LogP contribution in [0.25, 0.3) is 22.5 Å². The standard InChI is InChI=1S/C26H22N4O3/c31-25(28-14-12-20-5-3-4-13-27-20)22-7-2-1-6-21(22)24-17-23(29-30-24)18-8-10-19(11-9-18)26-32-15-16-33-26/h1-11,13,15-17,26H,12,14H2,(H,28,31)(H,29,30). The summed E-state index contributed by atoms with van der Waals surface area (Å²) < 4.78 is 10.7. The molecular weight excluding hydrogens is 416 g/mol. The highest BCUT2D eigenvalue weighted by Gasteiger charge is 2.17. The van der Waals surface area contributed by atoms with Gasteiger partial charge >= 0.3 is 0 Å². The zero-order chi connectivity index (χ0) is 22.5. The van der Waals surface area contributed by atoms with Crippen molar-refractivity contribution in [1.82, 2.24) is 20.5 Å². The van der Waals surface area contributed by atoms with E-state index in [2.05, 4.69) is 20.5 Å². The molecule has 0 unspecified atom stereocenters. The summed E-state index contributed by atoms with van der Waals surface area (Å²) in [7, 11) is 0. The fourth-order valence-electron chi connectivity index (χ4n) is 3.68. The van der Waals surface area contributed by atoms with Crippen LogP contribution in [0.1, 0.15) is 27.9 Å². The highest BCUT2D eigenvalue weighted by Crippen LogP contribution is 2.29. The third kappa shape index (κ3) is 4.62. The molecule has 2 aromatic carbocycles. The van der Waals surface area contributed by atoms with Crippen LogP contribution < -0.4 is 5.32 Å². The number of benzene rings is 2. The summed E-state index contributed by atoms with van der Waals surface area (Å²) >= 11 is 0. The summed E-state index contributed by atoms with van der Waals surface area (Å²) in [6, 6.07) is 23.0. The highest BCUT2D eigenvalue weighted by molar-refractivity contribution is 6.00. The van der Waals surface area contributed by atoms with Gasteiger partial charge in [-0.05, 0) is 24.3 Å². The zero-order valence-electron chi connectivity index (χ0n) is 17.8. The monoisotopic (exact) mass is 438 g/mol. The number of hydrogen-bond donors (Lipinski definition) is 2. The van der Waals surface area contributed by atoms with Gasteiger partial charge < -0.3 is 14.8 Å². The lowest BCUT2D eigenvalue weighted by Crippen LogP contribution is -2.26. The van der Waals surface area contributed by atoms with Gasteiger partial charge in [-0.2, -0.15) is 5.10 Å². The molecule has 0 atom stereocenters. The second-order valence-electron chi connectivity index (χ2n) is 7.54. The number of hydrogen-bond acceptors (Lipinski definition) is 5. The van der Waals surface area contributed by atoms with Crippen LogP contribution in [0.4, 0.5) is 0 Å². The summed E-state index contributed by atoms with van der Waals surface area (Å²) in [5.74, 6) is -0.132. The maximum absolute atomic E-state index is 12.9. The Morgan fingerprint density at radius 2 is 1.76 bits per heavy atom. The Balaban J connectivity index is 1.30. The number of H-pyrrole nitrogens is 1. The Bertz CT molecular complexity index is 1260. The van der Waals surface area contributed by atoms with Crippen LogP contribution in [0, 0.1) is 0 Å². The second kappa shape index (κ2) is 9.40. The Kier molecular flexibility index (Phi) is 5.84. The maximum atomic E-state index is 12.9. The van der Waals surface area contributed by atoms with E-state index in [1.165, 1.54) is 12.5 Å². The molecule has 3 heterocycles. The number of amides is 1. The van der Waals surface area contributed by atoms with Crippen molar-refractivity contribution in [3.63, 3.8) is 0 Å². The van der Waals surface area contributed by atoms with Crippen molar-refractivity contribution in [1.29, 1.82) is 0 Å². The lowest BCUT2D eigenvalue weighted by atomic mass is 10.0. The summed E-state index contributed by atoms with van der Waals surface area (Å²) in [5, 5.41) is 10.5. The minimum atomic E-state index is -0.406. The molecule has 0 spiro atoms. The van der Waals surface area contributed by atoms with Crippen LogP contribution in [0.3, 0.4) is 0 Å². The molecule has 0 saturated heterocycles. The smallest absolute Gasteiger partial charge is 0.266 e. The first-order valence-corrected chi connectivity index (χ1v) is 10.7. The number of carbonyl (C=O) groups is 1. The van der Waals surface area contributed by atoms with Gasteiger partial charge in [0.15, 0.2) is 0 Å². The summed E-state index contributed by atoms with van der Waals surface area (Å²) in [6.07, 6.45) is 5.09. The molecule has 7 heteroatoms. The molecule has 0 saturated carbocycles. The molecule has 4 aromatic rings. The summed E-state index contributed by atoms with van der Waals surface area (Å²) in [4.78, 5) is 17.2. The van der Waals surface area contributed by atoms with E-state index in [4.69, 9.17) is 9.47 Å². The molecule has 5 rings (SSSR count). The number of nitrogens with one attached hydrogen (secondary N) is 2. The highest BCUT2D eigenvalue weighted by atomic mass is 16.7. The molecule has 0 radical (unpaired) electrons. The van der Waals surface area contributed by atoms with Crippen molar-refractivity contribution < 1.29 is 14.3 Å². The van der Waals surface area contributed by atoms with Crippen LogP contribution in [0.2, 0.25) is 0 Å². The first-order valence-electron chi connectivity index (χ1n) is 10.7. The Hall–Kier alpha value is -4.39. The lowest BCUT2D eigenvalue weighted by Gasteiger charge is -2.10. The minimum Gasteiger partial charge on any atom is -0.455 e. The van der Waals surface area contributed by atoms with E-state index in [0.29, 0.717) is 18.5 Å². The fourth-order valence-corrected chi connectivity index (χ4v) is 3.68. The van der Waals surface area contributed by atoms with Gasteiger partial charge in [0.1, 0.15) is 12.5 Å². The van der Waals surface area contributed by atoms with Crippen LogP contribution in [-0.4, -0.2) is 27.6 Å². The van der Waals surface area contributed by atoms with Gasteiger partial charge in [0.05, 0.1) is 11.4 Å². The number of carbonyl (C=O) groups excluding carboxylic acids is 1. The SMILES string of the molecule is O=C(NCCc1ccccn1)c1ccccc1-c1cc(-c2ccc(C3OC=CO3)cc2)n[nH]1. The topological polar surface area (TPSA) is 89.1 Å². The van der Waals surface area contributed by atoms with E-state index in [9.17, 15) is 4.79 Å². The van der Waals surface area contributed by atoms with Gasteiger partial charge in [0.25, 0.3) is 12.2 Å². The van der Waals surface area contributed by atoms with E-state index in [0.717, 1.165) is 33.8 Å². The third-order valence-corrected chi connectivity index (χ3v) is 5.37. The van der Waals surface area contributed by atoms with Crippen LogP contribution in [0.5, 0.6) is 0 Å². The molecule has 0 bridgehead atoms. The zero-order valence-corrected chi connectivity index (χ0v) is 17.8. The van der Waals surface area contributed by atoms with Crippen molar-refractivity contribution >= 4 is 5.91 Å². The van der Waals surface area contributed by atoms with Gasteiger partial charge in [-0.3, -0.25) is 14.9 Å². The number of ether oxygens (including phenoxy) is 2. The summed E-state index contributed by atoms with van der Waals surface area (Å²) in [6.45, 7) is 0.509. The average Bonchev–Trinajstić information content (AvgIpc) is 3.58. The van der Waals surface area contributed by atoms with Gasteiger partial charge in [0.2, 0.25) is 0 Å². The van der Waals surface area contributed by atoms with E-state index in [1.54, 1.807) is 6.20 Å². The van der Waals surface area contributed by atoms with E-state index < -0.39 is 6.29 Å². The van der Waals surface area contributed by atoms with Gasteiger partial charge in [0, 0.05) is 47.1 Å². The van der Waals surface area contributed by atoms with Crippen molar-refractivity contribution in [2.24, 2.45) is 0 Å². The molecule has 2 N–H and O–H groups in total. The minimum absolute atomic E-state index is 0.132. The van der Waals surface area contributed by atoms with Gasteiger partial charge in [-0.15, -0.1) is 0 Å².